The number of nitrogens with zero attached hydrogens (tertiary/aromatic N) is 2. The van der Waals surface area contributed by atoms with Crippen molar-refractivity contribution >= 4 is 21.5 Å². The minimum Gasteiger partial charge on any atom is -0.369 e. The molecular weight excluding hydrogens is 274 g/mol. The van der Waals surface area contributed by atoms with E-state index >= 15 is 0 Å². The van der Waals surface area contributed by atoms with Gasteiger partial charge in [0.2, 0.25) is 0 Å². The number of anilines is 1. The maximum Gasteiger partial charge on any atom is 0.196 e. The first-order valence-corrected chi connectivity index (χ1v) is 8.61. The number of rotatable bonds is 1. The Kier molecular flexibility index (Phi) is 3.01. The first-order valence-electron chi connectivity index (χ1n) is 6.79. The molecule has 2 heterocycles. The zero-order chi connectivity index (χ0) is 14.4. The molecule has 0 radical (unpaired) electrons. The van der Waals surface area contributed by atoms with Gasteiger partial charge in [0.25, 0.3) is 0 Å². The van der Waals surface area contributed by atoms with E-state index in [4.69, 9.17) is 5.73 Å². The molecule has 1 fully saturated rings. The van der Waals surface area contributed by atoms with Gasteiger partial charge in [0, 0.05) is 5.69 Å². The van der Waals surface area contributed by atoms with E-state index in [-0.39, 0.29) is 17.0 Å². The van der Waals surface area contributed by atoms with Crippen LogP contribution in [0.3, 0.4) is 0 Å². The molecular formula is C14H19N3O2S. The van der Waals surface area contributed by atoms with Crippen molar-refractivity contribution in [3.8, 4) is 0 Å². The standard InChI is InChI=1S/C14H19N3O2S/c1-11-3-2-4-12(9-11)17-13(15)16-10-14(17)5-7-20(18,19)8-6-14/h2-4,9H,5-8,10H2,1H3,(H2,15,16). The highest BCUT2D eigenvalue weighted by Crippen LogP contribution is 2.37. The molecule has 1 spiro atoms. The van der Waals surface area contributed by atoms with Crippen LogP contribution >= 0.6 is 0 Å². The van der Waals surface area contributed by atoms with Gasteiger partial charge in [-0.3, -0.25) is 4.99 Å². The molecule has 108 valence electrons. The normalized spacial score (nSPS) is 23.9. The van der Waals surface area contributed by atoms with Gasteiger partial charge < -0.3 is 10.6 Å². The second kappa shape index (κ2) is 4.48. The SMILES string of the molecule is Cc1cccc(N2C(N)=NCC23CCS(=O)(=O)CC3)c1. The molecule has 2 N–H and O–H groups in total. The lowest BCUT2D eigenvalue weighted by Gasteiger charge is -2.41. The number of benzene rings is 1. The van der Waals surface area contributed by atoms with Crippen molar-refractivity contribution in [1.82, 2.24) is 0 Å². The van der Waals surface area contributed by atoms with E-state index in [0.717, 1.165) is 11.3 Å². The largest absolute Gasteiger partial charge is 0.369 e. The third-order valence-corrected chi connectivity index (χ3v) is 5.91. The van der Waals surface area contributed by atoms with Crippen LogP contribution in [0.2, 0.25) is 0 Å². The van der Waals surface area contributed by atoms with Crippen LogP contribution in [0.15, 0.2) is 29.3 Å². The highest BCUT2D eigenvalue weighted by molar-refractivity contribution is 7.91. The summed E-state index contributed by atoms with van der Waals surface area (Å²) in [4.78, 5) is 6.41. The molecule has 6 heteroatoms. The van der Waals surface area contributed by atoms with Gasteiger partial charge in [0.15, 0.2) is 15.8 Å². The van der Waals surface area contributed by atoms with Crippen LogP contribution in [0.1, 0.15) is 18.4 Å². The van der Waals surface area contributed by atoms with Crippen LogP contribution in [0.4, 0.5) is 5.69 Å². The average Bonchev–Trinajstić information content (AvgIpc) is 2.71. The monoisotopic (exact) mass is 293 g/mol. The molecule has 0 amide bonds. The van der Waals surface area contributed by atoms with Gasteiger partial charge in [-0.15, -0.1) is 0 Å². The molecule has 5 nitrogen and oxygen atoms in total. The number of aliphatic imine (C=N–C) groups is 1. The Bertz CT molecular complexity index is 653. The summed E-state index contributed by atoms with van der Waals surface area (Å²) < 4.78 is 23.4. The Labute approximate surface area is 119 Å². The lowest BCUT2D eigenvalue weighted by molar-refractivity contribution is 0.409. The fraction of sp³-hybridized carbons (Fsp3) is 0.500. The molecule has 1 aromatic carbocycles. The van der Waals surface area contributed by atoms with Gasteiger partial charge in [-0.05, 0) is 37.5 Å². The summed E-state index contributed by atoms with van der Waals surface area (Å²) in [6.07, 6.45) is 1.18. The number of nitrogens with two attached hydrogens (primary N) is 1. The van der Waals surface area contributed by atoms with Gasteiger partial charge in [0.1, 0.15) is 0 Å². The Morgan fingerprint density at radius 1 is 1.30 bits per heavy atom. The molecule has 3 rings (SSSR count). The van der Waals surface area contributed by atoms with E-state index in [9.17, 15) is 8.42 Å². The number of guanidine groups is 1. The Balaban J connectivity index is 1.97. The fourth-order valence-electron chi connectivity index (χ4n) is 3.09. The van der Waals surface area contributed by atoms with E-state index in [1.165, 1.54) is 0 Å². The van der Waals surface area contributed by atoms with Gasteiger partial charge in [-0.2, -0.15) is 0 Å². The highest BCUT2D eigenvalue weighted by atomic mass is 32.2. The van der Waals surface area contributed by atoms with E-state index in [1.54, 1.807) is 0 Å². The van der Waals surface area contributed by atoms with E-state index in [1.807, 2.05) is 30.0 Å². The quantitative estimate of drug-likeness (QED) is 0.840. The van der Waals surface area contributed by atoms with Crippen molar-refractivity contribution in [2.75, 3.05) is 23.0 Å². The Morgan fingerprint density at radius 2 is 2.00 bits per heavy atom. The molecule has 1 saturated heterocycles. The van der Waals surface area contributed by atoms with Gasteiger partial charge in [-0.1, -0.05) is 12.1 Å². The van der Waals surface area contributed by atoms with Crippen molar-refractivity contribution < 1.29 is 8.42 Å². The minimum atomic E-state index is -2.90. The molecule has 2 aliphatic rings. The van der Waals surface area contributed by atoms with Crippen LogP contribution < -0.4 is 10.6 Å². The lowest BCUT2D eigenvalue weighted by Crippen LogP contribution is -2.55. The second-order valence-corrected chi connectivity index (χ2v) is 8.03. The number of hydrogen-bond donors (Lipinski definition) is 1. The summed E-state index contributed by atoms with van der Waals surface area (Å²) >= 11 is 0. The smallest absolute Gasteiger partial charge is 0.196 e. The molecule has 0 atom stereocenters. The Morgan fingerprint density at radius 3 is 2.65 bits per heavy atom. The second-order valence-electron chi connectivity index (χ2n) is 5.73. The summed E-state index contributed by atoms with van der Waals surface area (Å²) in [5.41, 5.74) is 7.96. The summed E-state index contributed by atoms with van der Waals surface area (Å²) in [5, 5.41) is 0. The lowest BCUT2D eigenvalue weighted by atomic mass is 9.90. The predicted octanol–water partition coefficient (Wildman–Crippen LogP) is 1.08. The van der Waals surface area contributed by atoms with Crippen molar-refractivity contribution in [3.05, 3.63) is 29.8 Å². The summed E-state index contributed by atoms with van der Waals surface area (Å²) in [6, 6.07) is 8.10. The molecule has 20 heavy (non-hydrogen) atoms. The maximum atomic E-state index is 11.7. The van der Waals surface area contributed by atoms with Gasteiger partial charge in [-0.25, -0.2) is 8.42 Å². The fourth-order valence-corrected chi connectivity index (χ4v) is 4.67. The molecule has 0 bridgehead atoms. The maximum absolute atomic E-state index is 11.7. The molecule has 0 aliphatic carbocycles. The van der Waals surface area contributed by atoms with E-state index in [0.29, 0.717) is 25.3 Å². The zero-order valence-electron chi connectivity index (χ0n) is 11.5. The summed E-state index contributed by atoms with van der Waals surface area (Å²) in [6.45, 7) is 2.62. The molecule has 2 aliphatic heterocycles. The first kappa shape index (κ1) is 13.4. The molecule has 0 unspecified atom stereocenters. The minimum absolute atomic E-state index is 0.220. The third kappa shape index (κ3) is 2.18. The number of sulfone groups is 1. The van der Waals surface area contributed by atoms with Crippen molar-refractivity contribution in [2.24, 2.45) is 10.7 Å². The highest BCUT2D eigenvalue weighted by Gasteiger charge is 2.46. The first-order chi connectivity index (χ1) is 9.42. The zero-order valence-corrected chi connectivity index (χ0v) is 12.4. The molecule has 0 saturated carbocycles. The Hall–Kier alpha value is -1.56. The third-order valence-electron chi connectivity index (χ3n) is 4.26. The van der Waals surface area contributed by atoms with Crippen LogP contribution in [-0.4, -0.2) is 38.0 Å². The van der Waals surface area contributed by atoms with Crippen LogP contribution in [-0.2, 0) is 9.84 Å². The topological polar surface area (TPSA) is 75.8 Å². The van der Waals surface area contributed by atoms with Crippen LogP contribution in [0.25, 0.3) is 0 Å². The average molecular weight is 293 g/mol. The van der Waals surface area contributed by atoms with Crippen LogP contribution in [0, 0.1) is 6.92 Å². The van der Waals surface area contributed by atoms with Gasteiger partial charge in [0.05, 0.1) is 23.6 Å². The predicted molar refractivity (Wildman–Crippen MR) is 80.8 cm³/mol. The molecule has 0 aromatic heterocycles. The van der Waals surface area contributed by atoms with Gasteiger partial charge >= 0.3 is 0 Å². The van der Waals surface area contributed by atoms with Crippen LogP contribution in [0.5, 0.6) is 0 Å². The van der Waals surface area contributed by atoms with E-state index in [2.05, 4.69) is 11.1 Å². The number of aryl methyl sites for hydroxylation is 1. The van der Waals surface area contributed by atoms with E-state index < -0.39 is 9.84 Å². The summed E-state index contributed by atoms with van der Waals surface area (Å²) in [7, 11) is -2.90. The van der Waals surface area contributed by atoms with Crippen molar-refractivity contribution in [2.45, 2.75) is 25.3 Å². The van der Waals surface area contributed by atoms with Crippen molar-refractivity contribution in [1.29, 1.82) is 0 Å². The van der Waals surface area contributed by atoms with Crippen molar-refractivity contribution in [3.63, 3.8) is 0 Å². The number of hydrogen-bond acceptors (Lipinski definition) is 5. The summed E-state index contributed by atoms with van der Waals surface area (Å²) in [5.74, 6) is 0.936. The molecule has 1 aromatic rings.